The zero-order valence-electron chi connectivity index (χ0n) is 13.0. The number of amides is 1. The number of hydrogen-bond donors (Lipinski definition) is 2. The number of methoxy groups -OCH3 is 1. The van der Waals surface area contributed by atoms with E-state index in [0.29, 0.717) is 12.3 Å². The number of hydrogen-bond acceptors (Lipinski definition) is 4. The maximum absolute atomic E-state index is 11.3. The van der Waals surface area contributed by atoms with Crippen molar-refractivity contribution < 1.29 is 9.53 Å². The van der Waals surface area contributed by atoms with E-state index in [1.165, 1.54) is 5.56 Å². The first-order valence-electron chi connectivity index (χ1n) is 6.96. The number of rotatable bonds is 5. The second-order valence-electron chi connectivity index (χ2n) is 5.23. The summed E-state index contributed by atoms with van der Waals surface area (Å²) in [6.07, 6.45) is 0.526. The first kappa shape index (κ1) is 21.0. The van der Waals surface area contributed by atoms with Crippen LogP contribution >= 0.6 is 24.8 Å². The Kier molecular flexibility index (Phi) is 9.44. The molecule has 126 valence electrons. The van der Waals surface area contributed by atoms with E-state index in [1.807, 2.05) is 12.1 Å². The maximum atomic E-state index is 11.3. The third-order valence-electron chi connectivity index (χ3n) is 3.92. The smallest absolute Gasteiger partial charge is 0.221 e. The molecule has 5 nitrogen and oxygen atoms in total. The maximum Gasteiger partial charge on any atom is 0.221 e. The Morgan fingerprint density at radius 1 is 1.32 bits per heavy atom. The van der Waals surface area contributed by atoms with Crippen molar-refractivity contribution in [1.29, 1.82) is 0 Å². The van der Waals surface area contributed by atoms with E-state index in [2.05, 4.69) is 22.3 Å². The van der Waals surface area contributed by atoms with Gasteiger partial charge in [-0.15, -0.1) is 24.8 Å². The zero-order chi connectivity index (χ0) is 14.5. The molecule has 1 aliphatic rings. The molecule has 0 unspecified atom stereocenters. The monoisotopic (exact) mass is 349 g/mol. The van der Waals surface area contributed by atoms with Crippen molar-refractivity contribution >= 4 is 30.7 Å². The van der Waals surface area contributed by atoms with E-state index in [0.717, 1.165) is 25.4 Å². The second kappa shape index (κ2) is 9.90. The van der Waals surface area contributed by atoms with Crippen LogP contribution in [0.2, 0.25) is 0 Å². The van der Waals surface area contributed by atoms with Crippen molar-refractivity contribution in [2.24, 2.45) is 5.73 Å². The summed E-state index contributed by atoms with van der Waals surface area (Å²) in [7, 11) is 3.33. The molecule has 0 aliphatic carbocycles. The van der Waals surface area contributed by atoms with Crippen molar-refractivity contribution in [2.45, 2.75) is 18.4 Å². The number of carbonyl (C=O) groups excluding carboxylic acids is 1. The molecule has 0 spiro atoms. The van der Waals surface area contributed by atoms with E-state index in [4.69, 9.17) is 10.5 Å². The van der Waals surface area contributed by atoms with E-state index >= 15 is 0 Å². The lowest BCUT2D eigenvalue weighted by Crippen LogP contribution is -2.30. The van der Waals surface area contributed by atoms with E-state index in [1.54, 1.807) is 14.2 Å². The standard InChI is InChI=1S/C15H23N3O2.2ClH/c1-17-15(19)7-8-18-9-13(14(16)10-18)11-3-5-12(20-2)6-4-11;;/h3-6,13-14H,7-10,16H2,1-2H3,(H,17,19);2*1H/t13-,14+;;/m1../s1. The van der Waals surface area contributed by atoms with Crippen LogP contribution in [-0.4, -0.2) is 50.6 Å². The fraction of sp³-hybridized carbons (Fsp3) is 0.533. The first-order valence-corrected chi connectivity index (χ1v) is 6.96. The van der Waals surface area contributed by atoms with Gasteiger partial charge in [0.05, 0.1) is 7.11 Å². The molecule has 1 fully saturated rings. The molecule has 1 aromatic rings. The highest BCUT2D eigenvalue weighted by molar-refractivity contribution is 5.85. The van der Waals surface area contributed by atoms with Gasteiger partial charge in [0.2, 0.25) is 5.91 Å². The summed E-state index contributed by atoms with van der Waals surface area (Å²) in [6, 6.07) is 8.20. The summed E-state index contributed by atoms with van der Waals surface area (Å²) >= 11 is 0. The summed E-state index contributed by atoms with van der Waals surface area (Å²) in [5.74, 6) is 1.26. The quantitative estimate of drug-likeness (QED) is 0.843. The van der Waals surface area contributed by atoms with Gasteiger partial charge in [0.15, 0.2) is 0 Å². The fourth-order valence-electron chi connectivity index (χ4n) is 2.68. The normalized spacial score (nSPS) is 20.7. The van der Waals surface area contributed by atoms with Gasteiger partial charge in [0, 0.05) is 45.1 Å². The second-order valence-corrected chi connectivity index (χ2v) is 5.23. The third-order valence-corrected chi connectivity index (χ3v) is 3.92. The number of nitrogens with zero attached hydrogens (tertiary/aromatic N) is 1. The lowest BCUT2D eigenvalue weighted by Gasteiger charge is -2.16. The Labute approximate surface area is 144 Å². The molecule has 1 aromatic carbocycles. The summed E-state index contributed by atoms with van der Waals surface area (Å²) in [4.78, 5) is 13.5. The van der Waals surface area contributed by atoms with Gasteiger partial charge in [-0.25, -0.2) is 0 Å². The Morgan fingerprint density at radius 2 is 1.95 bits per heavy atom. The number of benzene rings is 1. The van der Waals surface area contributed by atoms with Gasteiger partial charge in [-0.2, -0.15) is 0 Å². The van der Waals surface area contributed by atoms with Crippen molar-refractivity contribution in [3.63, 3.8) is 0 Å². The molecule has 0 aromatic heterocycles. The van der Waals surface area contributed by atoms with Gasteiger partial charge in [0.1, 0.15) is 5.75 Å². The molecule has 7 heteroatoms. The van der Waals surface area contributed by atoms with Gasteiger partial charge in [-0.3, -0.25) is 4.79 Å². The molecule has 2 atom stereocenters. The number of nitrogens with two attached hydrogens (primary N) is 1. The molecule has 3 N–H and O–H groups in total. The molecule has 22 heavy (non-hydrogen) atoms. The molecular formula is C15H25Cl2N3O2. The van der Waals surface area contributed by atoms with Crippen LogP contribution in [0.1, 0.15) is 17.9 Å². The van der Waals surface area contributed by atoms with Crippen LogP contribution in [0.15, 0.2) is 24.3 Å². The Balaban J connectivity index is 0.00000220. The predicted molar refractivity (Wildman–Crippen MR) is 93.3 cm³/mol. The number of ether oxygens (including phenoxy) is 1. The highest BCUT2D eigenvalue weighted by atomic mass is 35.5. The summed E-state index contributed by atoms with van der Waals surface area (Å²) < 4.78 is 5.17. The van der Waals surface area contributed by atoms with Crippen LogP contribution in [0.4, 0.5) is 0 Å². The summed E-state index contributed by atoms with van der Waals surface area (Å²) in [5, 5.41) is 2.64. The average Bonchev–Trinajstić information content (AvgIpc) is 2.86. The summed E-state index contributed by atoms with van der Waals surface area (Å²) in [5.41, 5.74) is 7.47. The highest BCUT2D eigenvalue weighted by Crippen LogP contribution is 2.27. The number of nitrogens with one attached hydrogen (secondary N) is 1. The number of carbonyl (C=O) groups is 1. The lowest BCUT2D eigenvalue weighted by atomic mass is 9.95. The Morgan fingerprint density at radius 3 is 2.50 bits per heavy atom. The lowest BCUT2D eigenvalue weighted by molar-refractivity contribution is -0.120. The predicted octanol–water partition coefficient (Wildman–Crippen LogP) is 1.40. The average molecular weight is 350 g/mol. The molecular weight excluding hydrogens is 325 g/mol. The van der Waals surface area contributed by atoms with Crippen molar-refractivity contribution in [1.82, 2.24) is 10.2 Å². The van der Waals surface area contributed by atoms with Crippen LogP contribution in [0.25, 0.3) is 0 Å². The van der Waals surface area contributed by atoms with Gasteiger partial charge < -0.3 is 20.7 Å². The minimum atomic E-state index is 0. The first-order chi connectivity index (χ1) is 9.63. The van der Waals surface area contributed by atoms with Crippen molar-refractivity contribution in [3.8, 4) is 5.75 Å². The molecule has 1 saturated heterocycles. The van der Waals surface area contributed by atoms with Crippen LogP contribution in [0.5, 0.6) is 5.75 Å². The summed E-state index contributed by atoms with van der Waals surface area (Å²) in [6.45, 7) is 2.51. The Hall–Kier alpha value is -1.01. The van der Waals surface area contributed by atoms with Crippen molar-refractivity contribution in [3.05, 3.63) is 29.8 Å². The molecule has 0 saturated carbocycles. The van der Waals surface area contributed by atoms with Crippen LogP contribution < -0.4 is 15.8 Å². The minimum Gasteiger partial charge on any atom is -0.497 e. The van der Waals surface area contributed by atoms with Crippen molar-refractivity contribution in [2.75, 3.05) is 33.8 Å². The molecule has 1 heterocycles. The fourth-order valence-corrected chi connectivity index (χ4v) is 2.68. The van der Waals surface area contributed by atoms with Gasteiger partial charge in [0.25, 0.3) is 0 Å². The van der Waals surface area contributed by atoms with Gasteiger partial charge >= 0.3 is 0 Å². The van der Waals surface area contributed by atoms with E-state index in [9.17, 15) is 4.79 Å². The largest absolute Gasteiger partial charge is 0.497 e. The molecule has 1 aliphatic heterocycles. The van der Waals surface area contributed by atoms with Gasteiger partial charge in [-0.05, 0) is 17.7 Å². The van der Waals surface area contributed by atoms with Crippen LogP contribution in [0, 0.1) is 0 Å². The van der Waals surface area contributed by atoms with Crippen LogP contribution in [-0.2, 0) is 4.79 Å². The van der Waals surface area contributed by atoms with Gasteiger partial charge in [-0.1, -0.05) is 12.1 Å². The molecule has 0 radical (unpaired) electrons. The van der Waals surface area contributed by atoms with Crippen LogP contribution in [0.3, 0.4) is 0 Å². The third kappa shape index (κ3) is 5.32. The molecule has 1 amide bonds. The highest BCUT2D eigenvalue weighted by Gasteiger charge is 2.31. The number of likely N-dealkylation sites (tertiary alicyclic amines) is 1. The SMILES string of the molecule is CNC(=O)CCN1C[C@H](c2ccc(OC)cc2)[C@@H](N)C1.Cl.Cl. The number of halogens is 2. The molecule has 0 bridgehead atoms. The Bertz CT molecular complexity index is 457. The zero-order valence-corrected chi connectivity index (χ0v) is 14.6. The minimum absolute atomic E-state index is 0. The topological polar surface area (TPSA) is 67.6 Å². The molecule has 2 rings (SSSR count). The van der Waals surface area contributed by atoms with E-state index in [-0.39, 0.29) is 36.8 Å². The van der Waals surface area contributed by atoms with E-state index < -0.39 is 0 Å².